The Balaban J connectivity index is 1.68. The van der Waals surface area contributed by atoms with E-state index in [1.165, 1.54) is 0 Å². The molecule has 2 heterocycles. The second-order valence-electron chi connectivity index (χ2n) is 7.77. The number of nitrogens with zero attached hydrogens (tertiary/aromatic N) is 5. The van der Waals surface area contributed by atoms with Gasteiger partial charge in [-0.25, -0.2) is 4.98 Å². The van der Waals surface area contributed by atoms with Gasteiger partial charge in [0.15, 0.2) is 6.10 Å². The first kappa shape index (κ1) is 22.7. The third-order valence-electron chi connectivity index (χ3n) is 5.51. The maximum Gasteiger partial charge on any atom is 0.261 e. The largest absolute Gasteiger partial charge is 0.477 e. The molecule has 1 N–H and O–H groups in total. The summed E-state index contributed by atoms with van der Waals surface area (Å²) < 4.78 is 7.90. The van der Waals surface area contributed by atoms with Crippen molar-refractivity contribution in [2.75, 3.05) is 0 Å². The van der Waals surface area contributed by atoms with Crippen LogP contribution in [0.3, 0.4) is 0 Å². The number of aromatic nitrogens is 6. The monoisotopic (exact) mass is 464 g/mol. The van der Waals surface area contributed by atoms with E-state index in [4.69, 9.17) is 21.3 Å². The summed E-state index contributed by atoms with van der Waals surface area (Å²) in [6.07, 6.45) is 2.07. The molecule has 0 saturated carbocycles. The van der Waals surface area contributed by atoms with Gasteiger partial charge in [-0.2, -0.15) is 5.21 Å². The molecule has 2 aromatic heterocycles. The molecule has 1 atom stereocenters. The minimum Gasteiger partial charge on any atom is -0.477 e. The van der Waals surface area contributed by atoms with E-state index in [1.807, 2.05) is 49.4 Å². The lowest BCUT2D eigenvalue weighted by Gasteiger charge is -2.18. The van der Waals surface area contributed by atoms with E-state index in [2.05, 4.69) is 27.5 Å². The first-order valence-electron chi connectivity index (χ1n) is 10.8. The maximum atomic E-state index is 13.1. The van der Waals surface area contributed by atoms with Crippen molar-refractivity contribution >= 4 is 11.6 Å². The number of hydrogen-bond acceptors (Lipinski definition) is 6. The van der Waals surface area contributed by atoms with Gasteiger partial charge in [-0.1, -0.05) is 48.4 Å². The highest BCUT2D eigenvalue weighted by Crippen LogP contribution is 2.31. The summed E-state index contributed by atoms with van der Waals surface area (Å²) in [6, 6.07) is 14.7. The zero-order valence-corrected chi connectivity index (χ0v) is 19.5. The van der Waals surface area contributed by atoms with E-state index < -0.39 is 6.10 Å². The normalized spacial score (nSPS) is 12.0. The third-order valence-corrected chi connectivity index (χ3v) is 5.85. The molecule has 170 valence electrons. The summed E-state index contributed by atoms with van der Waals surface area (Å²) in [6.45, 7) is 5.80. The molecule has 0 saturated heterocycles. The van der Waals surface area contributed by atoms with Gasteiger partial charge in [-0.3, -0.25) is 9.36 Å². The number of H-pyrrole nitrogens is 1. The van der Waals surface area contributed by atoms with Gasteiger partial charge in [0.05, 0.1) is 5.69 Å². The molecular weight excluding hydrogens is 440 g/mol. The van der Waals surface area contributed by atoms with Gasteiger partial charge in [-0.05, 0) is 50.6 Å². The third kappa shape index (κ3) is 4.80. The molecule has 4 aromatic rings. The summed E-state index contributed by atoms with van der Waals surface area (Å²) in [5, 5.41) is 14.8. The Labute approximate surface area is 196 Å². The zero-order valence-electron chi connectivity index (χ0n) is 18.7. The number of rotatable bonds is 8. The molecule has 0 fully saturated rings. The SMILES string of the molecule is CCCCc1nc(C)c(C)c(=O)n1-c1ccc(OC(c2nn[nH]n2)c2ccccc2Cl)cc1. The number of unbranched alkanes of at least 4 members (excludes halogenated alkanes) is 1. The molecule has 1 unspecified atom stereocenters. The van der Waals surface area contributed by atoms with Crippen LogP contribution >= 0.6 is 11.6 Å². The van der Waals surface area contributed by atoms with Crippen LogP contribution in [-0.2, 0) is 6.42 Å². The fourth-order valence-electron chi connectivity index (χ4n) is 3.57. The lowest BCUT2D eigenvalue weighted by molar-refractivity contribution is 0.237. The topological polar surface area (TPSA) is 98.6 Å². The second kappa shape index (κ2) is 9.95. The van der Waals surface area contributed by atoms with Crippen LogP contribution in [0.4, 0.5) is 0 Å². The number of benzene rings is 2. The molecule has 2 aromatic carbocycles. The number of aryl methyl sites for hydroxylation is 2. The molecule has 0 aliphatic heterocycles. The molecule has 0 aliphatic rings. The van der Waals surface area contributed by atoms with Crippen LogP contribution in [0, 0.1) is 13.8 Å². The summed E-state index contributed by atoms with van der Waals surface area (Å²) in [5.41, 5.74) is 2.82. The summed E-state index contributed by atoms with van der Waals surface area (Å²) >= 11 is 6.40. The van der Waals surface area contributed by atoms with Gasteiger partial charge in [0.2, 0.25) is 5.82 Å². The number of aromatic amines is 1. The maximum absolute atomic E-state index is 13.1. The van der Waals surface area contributed by atoms with E-state index in [9.17, 15) is 4.79 Å². The molecule has 8 nitrogen and oxygen atoms in total. The van der Waals surface area contributed by atoms with Crippen molar-refractivity contribution in [3.8, 4) is 11.4 Å². The molecule has 9 heteroatoms. The molecule has 0 aliphatic carbocycles. The van der Waals surface area contributed by atoms with Crippen molar-refractivity contribution in [1.82, 2.24) is 30.2 Å². The Morgan fingerprint density at radius 2 is 1.88 bits per heavy atom. The van der Waals surface area contributed by atoms with Crippen molar-refractivity contribution in [3.05, 3.63) is 92.4 Å². The predicted molar refractivity (Wildman–Crippen MR) is 126 cm³/mol. The molecule has 33 heavy (non-hydrogen) atoms. The van der Waals surface area contributed by atoms with E-state index >= 15 is 0 Å². The summed E-state index contributed by atoms with van der Waals surface area (Å²) in [5.74, 6) is 1.70. The van der Waals surface area contributed by atoms with Crippen LogP contribution in [0.5, 0.6) is 5.75 Å². The molecule has 4 rings (SSSR count). The molecule has 0 spiro atoms. The average molecular weight is 465 g/mol. The van der Waals surface area contributed by atoms with Crippen LogP contribution in [-0.4, -0.2) is 30.2 Å². The van der Waals surface area contributed by atoms with Gasteiger partial charge in [0.1, 0.15) is 11.6 Å². The number of nitrogens with one attached hydrogen (secondary N) is 1. The second-order valence-corrected chi connectivity index (χ2v) is 8.17. The smallest absolute Gasteiger partial charge is 0.261 e. The van der Waals surface area contributed by atoms with E-state index in [1.54, 1.807) is 17.6 Å². The first-order chi connectivity index (χ1) is 16.0. The minimum absolute atomic E-state index is 0.0528. The predicted octanol–water partition coefficient (Wildman–Crippen LogP) is 4.53. The highest BCUT2D eigenvalue weighted by Gasteiger charge is 2.23. The lowest BCUT2D eigenvalue weighted by atomic mass is 10.1. The fraction of sp³-hybridized carbons (Fsp3) is 0.292. The summed E-state index contributed by atoms with van der Waals surface area (Å²) in [7, 11) is 0. The Kier molecular flexibility index (Phi) is 6.84. The Hall–Kier alpha value is -3.52. The number of hydrogen-bond donors (Lipinski definition) is 1. The fourth-order valence-corrected chi connectivity index (χ4v) is 3.80. The van der Waals surface area contributed by atoms with Crippen molar-refractivity contribution < 1.29 is 4.74 Å². The van der Waals surface area contributed by atoms with Crippen molar-refractivity contribution in [2.45, 2.75) is 46.1 Å². The highest BCUT2D eigenvalue weighted by molar-refractivity contribution is 6.31. The van der Waals surface area contributed by atoms with Crippen molar-refractivity contribution in [3.63, 3.8) is 0 Å². The van der Waals surface area contributed by atoms with Gasteiger partial charge >= 0.3 is 0 Å². The molecule has 0 bridgehead atoms. The average Bonchev–Trinajstić information content (AvgIpc) is 3.36. The van der Waals surface area contributed by atoms with Crippen LogP contribution in [0.2, 0.25) is 5.02 Å². The lowest BCUT2D eigenvalue weighted by Crippen LogP contribution is -2.27. The van der Waals surface area contributed by atoms with Crippen LogP contribution < -0.4 is 10.3 Å². The Morgan fingerprint density at radius 3 is 2.55 bits per heavy atom. The quantitative estimate of drug-likeness (QED) is 0.411. The van der Waals surface area contributed by atoms with Gasteiger partial charge in [-0.15, -0.1) is 10.2 Å². The zero-order chi connectivity index (χ0) is 23.4. The number of ether oxygens (including phenoxy) is 1. The Morgan fingerprint density at radius 1 is 1.12 bits per heavy atom. The molecule has 0 radical (unpaired) electrons. The molecule has 0 amide bonds. The molecular formula is C24H25ClN6O2. The van der Waals surface area contributed by atoms with Gasteiger partial charge in [0, 0.05) is 28.3 Å². The van der Waals surface area contributed by atoms with E-state index in [0.717, 1.165) is 42.0 Å². The standard InChI is InChI=1S/C24H25ClN6O2/c1-4-5-10-21-26-16(3)15(2)24(32)31(21)17-11-13-18(14-12-17)33-22(23-27-29-30-28-23)19-8-6-7-9-20(19)25/h6-9,11-14,22H,4-5,10H2,1-3H3,(H,27,28,29,30). The van der Waals surface area contributed by atoms with Crippen LogP contribution in [0.1, 0.15) is 54.3 Å². The van der Waals surface area contributed by atoms with Crippen molar-refractivity contribution in [1.29, 1.82) is 0 Å². The summed E-state index contributed by atoms with van der Waals surface area (Å²) in [4.78, 5) is 17.8. The Bertz CT molecular complexity index is 1290. The van der Waals surface area contributed by atoms with Crippen LogP contribution in [0.15, 0.2) is 53.3 Å². The van der Waals surface area contributed by atoms with Gasteiger partial charge < -0.3 is 4.74 Å². The van der Waals surface area contributed by atoms with E-state index in [0.29, 0.717) is 22.2 Å². The first-order valence-corrected chi connectivity index (χ1v) is 11.2. The van der Waals surface area contributed by atoms with E-state index in [-0.39, 0.29) is 5.56 Å². The van der Waals surface area contributed by atoms with Gasteiger partial charge in [0.25, 0.3) is 5.56 Å². The minimum atomic E-state index is -0.644. The van der Waals surface area contributed by atoms with Crippen molar-refractivity contribution in [2.24, 2.45) is 0 Å². The number of tetrazole rings is 1. The van der Waals surface area contributed by atoms with Crippen LogP contribution in [0.25, 0.3) is 5.69 Å². The highest BCUT2D eigenvalue weighted by atomic mass is 35.5. The number of halogens is 1.